The van der Waals surface area contributed by atoms with Crippen LogP contribution in [-0.2, 0) is 15.6 Å². The molecule has 1 aromatic rings. The third kappa shape index (κ3) is 3.32. The highest BCUT2D eigenvalue weighted by atomic mass is 32.2. The van der Waals surface area contributed by atoms with Gasteiger partial charge in [-0.25, -0.2) is 8.42 Å². The van der Waals surface area contributed by atoms with Gasteiger partial charge in [-0.2, -0.15) is 17.5 Å². The smallest absolute Gasteiger partial charge is 0.376 e. The van der Waals surface area contributed by atoms with E-state index >= 15 is 0 Å². The largest absolute Gasteiger partial charge is 0.421 e. The molecule has 1 fully saturated rings. The third-order valence-electron chi connectivity index (χ3n) is 4.66. The average molecular weight is 365 g/mol. The number of halogens is 3. The lowest BCUT2D eigenvalue weighted by molar-refractivity contribution is -0.258. The SMILES string of the molecule is CC1CCCC(C)N1S(=O)(=O)c1ccc(C(C)(O)C(F)(F)F)cc1. The van der Waals surface area contributed by atoms with E-state index in [4.69, 9.17) is 0 Å². The summed E-state index contributed by atoms with van der Waals surface area (Å²) in [5.74, 6) is 0. The molecule has 0 amide bonds. The minimum absolute atomic E-state index is 0.0650. The van der Waals surface area contributed by atoms with Gasteiger partial charge >= 0.3 is 6.18 Å². The second-order valence-corrected chi connectivity index (χ2v) is 8.40. The van der Waals surface area contributed by atoms with Gasteiger partial charge in [0.1, 0.15) is 0 Å². The van der Waals surface area contributed by atoms with Crippen LogP contribution in [0.3, 0.4) is 0 Å². The molecule has 1 aliphatic heterocycles. The second-order valence-electron chi connectivity index (χ2n) is 6.56. The molecule has 3 unspecified atom stereocenters. The molecule has 8 heteroatoms. The highest BCUT2D eigenvalue weighted by molar-refractivity contribution is 7.89. The number of rotatable bonds is 3. The molecule has 0 radical (unpaired) electrons. The zero-order valence-electron chi connectivity index (χ0n) is 13.8. The van der Waals surface area contributed by atoms with E-state index in [0.717, 1.165) is 43.5 Å². The fourth-order valence-electron chi connectivity index (χ4n) is 3.11. The Morgan fingerprint density at radius 2 is 1.54 bits per heavy atom. The molecule has 4 nitrogen and oxygen atoms in total. The van der Waals surface area contributed by atoms with E-state index in [1.54, 1.807) is 0 Å². The molecular formula is C16H22F3NO3S. The Morgan fingerprint density at radius 1 is 1.08 bits per heavy atom. The van der Waals surface area contributed by atoms with Crippen molar-refractivity contribution in [3.8, 4) is 0 Å². The van der Waals surface area contributed by atoms with E-state index < -0.39 is 27.4 Å². The monoisotopic (exact) mass is 365 g/mol. The molecule has 1 aromatic carbocycles. The van der Waals surface area contributed by atoms with Crippen molar-refractivity contribution in [1.29, 1.82) is 0 Å². The van der Waals surface area contributed by atoms with Gasteiger partial charge in [0, 0.05) is 12.1 Å². The summed E-state index contributed by atoms with van der Waals surface area (Å²) in [5.41, 5.74) is -3.42. The number of benzene rings is 1. The van der Waals surface area contributed by atoms with Crippen molar-refractivity contribution < 1.29 is 26.7 Å². The van der Waals surface area contributed by atoms with E-state index in [9.17, 15) is 26.7 Å². The van der Waals surface area contributed by atoms with Crippen molar-refractivity contribution >= 4 is 10.0 Å². The molecule has 1 N–H and O–H groups in total. The second kappa shape index (κ2) is 6.31. The summed E-state index contributed by atoms with van der Waals surface area (Å²) in [4.78, 5) is -0.0650. The number of alkyl halides is 3. The summed E-state index contributed by atoms with van der Waals surface area (Å²) >= 11 is 0. The first-order valence-electron chi connectivity index (χ1n) is 7.82. The molecule has 0 bridgehead atoms. The number of hydrogen-bond donors (Lipinski definition) is 1. The van der Waals surface area contributed by atoms with Crippen LogP contribution in [0.25, 0.3) is 0 Å². The van der Waals surface area contributed by atoms with Gasteiger partial charge in [-0.15, -0.1) is 0 Å². The molecule has 1 heterocycles. The van der Waals surface area contributed by atoms with Crippen LogP contribution >= 0.6 is 0 Å². The van der Waals surface area contributed by atoms with Crippen molar-refractivity contribution in [1.82, 2.24) is 4.31 Å². The number of nitrogens with zero attached hydrogens (tertiary/aromatic N) is 1. The lowest BCUT2D eigenvalue weighted by Crippen LogP contribution is -2.47. The Balaban J connectivity index is 2.37. The minimum atomic E-state index is -4.84. The Kier molecular flexibility index (Phi) is 5.05. The lowest BCUT2D eigenvalue weighted by Gasteiger charge is -2.37. The maximum Gasteiger partial charge on any atom is 0.421 e. The maximum absolute atomic E-state index is 12.9. The Labute approximate surface area is 140 Å². The van der Waals surface area contributed by atoms with Gasteiger partial charge in [0.05, 0.1) is 4.90 Å². The van der Waals surface area contributed by atoms with Gasteiger partial charge in [0.25, 0.3) is 0 Å². The molecule has 1 saturated heterocycles. The van der Waals surface area contributed by atoms with Crippen LogP contribution in [0.2, 0.25) is 0 Å². The van der Waals surface area contributed by atoms with E-state index in [-0.39, 0.29) is 17.0 Å². The molecule has 1 aliphatic rings. The molecule has 0 spiro atoms. The fourth-order valence-corrected chi connectivity index (χ4v) is 4.99. The zero-order valence-corrected chi connectivity index (χ0v) is 14.7. The van der Waals surface area contributed by atoms with Crippen molar-refractivity contribution in [2.24, 2.45) is 0 Å². The molecule has 0 aromatic heterocycles. The Bertz CT molecular complexity index is 674. The van der Waals surface area contributed by atoms with Crippen LogP contribution < -0.4 is 0 Å². The quantitative estimate of drug-likeness (QED) is 0.893. The van der Waals surface area contributed by atoms with E-state index in [1.165, 1.54) is 4.31 Å². The van der Waals surface area contributed by atoms with Gasteiger partial charge in [-0.3, -0.25) is 0 Å². The first-order valence-corrected chi connectivity index (χ1v) is 9.26. The highest BCUT2D eigenvalue weighted by Crippen LogP contribution is 2.39. The minimum Gasteiger partial charge on any atom is -0.376 e. The summed E-state index contributed by atoms with van der Waals surface area (Å²) in [6.45, 7) is 4.30. The van der Waals surface area contributed by atoms with Gasteiger partial charge in [0.15, 0.2) is 5.60 Å². The van der Waals surface area contributed by atoms with Crippen LogP contribution in [0, 0.1) is 0 Å². The Morgan fingerprint density at radius 3 is 1.96 bits per heavy atom. The predicted molar refractivity (Wildman–Crippen MR) is 83.9 cm³/mol. The predicted octanol–water partition coefficient (Wildman–Crippen LogP) is 3.41. The van der Waals surface area contributed by atoms with E-state index in [1.807, 2.05) is 13.8 Å². The highest BCUT2D eigenvalue weighted by Gasteiger charge is 2.51. The van der Waals surface area contributed by atoms with Gasteiger partial charge in [-0.05, 0) is 51.3 Å². The summed E-state index contributed by atoms with van der Waals surface area (Å²) < 4.78 is 65.6. The average Bonchev–Trinajstić information content (AvgIpc) is 2.45. The summed E-state index contributed by atoms with van der Waals surface area (Å²) in [6, 6.07) is 3.96. The van der Waals surface area contributed by atoms with Crippen LogP contribution in [0.5, 0.6) is 0 Å². The van der Waals surface area contributed by atoms with Gasteiger partial charge in [0.2, 0.25) is 10.0 Å². The van der Waals surface area contributed by atoms with Crippen molar-refractivity contribution in [3.05, 3.63) is 29.8 Å². The summed E-state index contributed by atoms with van der Waals surface area (Å²) in [6.07, 6.45) is -2.39. The molecule has 136 valence electrons. The zero-order chi connectivity index (χ0) is 18.3. The summed E-state index contributed by atoms with van der Waals surface area (Å²) in [5, 5.41) is 9.66. The molecule has 0 saturated carbocycles. The summed E-state index contributed by atoms with van der Waals surface area (Å²) in [7, 11) is -3.79. The first kappa shape index (κ1) is 19.2. The molecule has 24 heavy (non-hydrogen) atoms. The van der Waals surface area contributed by atoms with E-state index in [2.05, 4.69) is 0 Å². The fraction of sp³-hybridized carbons (Fsp3) is 0.625. The van der Waals surface area contributed by atoms with Crippen LogP contribution in [0.15, 0.2) is 29.2 Å². The standard InChI is InChI=1S/C16H22F3NO3S/c1-11-5-4-6-12(2)20(11)24(22,23)14-9-7-13(8-10-14)15(3,21)16(17,18)19/h7-12,21H,4-6H2,1-3H3. The van der Waals surface area contributed by atoms with Crippen LogP contribution in [-0.4, -0.2) is 36.1 Å². The number of piperidine rings is 1. The maximum atomic E-state index is 12.9. The van der Waals surface area contributed by atoms with Crippen molar-refractivity contribution in [2.45, 2.75) is 68.8 Å². The molecule has 2 rings (SSSR count). The molecular weight excluding hydrogens is 343 g/mol. The molecule has 3 atom stereocenters. The number of aliphatic hydroxyl groups is 1. The Hall–Kier alpha value is -1.12. The van der Waals surface area contributed by atoms with Crippen LogP contribution in [0.4, 0.5) is 13.2 Å². The van der Waals surface area contributed by atoms with Crippen molar-refractivity contribution in [3.63, 3.8) is 0 Å². The number of hydrogen-bond acceptors (Lipinski definition) is 3. The van der Waals surface area contributed by atoms with Crippen molar-refractivity contribution in [2.75, 3.05) is 0 Å². The van der Waals surface area contributed by atoms with Gasteiger partial charge < -0.3 is 5.11 Å². The van der Waals surface area contributed by atoms with E-state index in [0.29, 0.717) is 6.92 Å². The normalized spacial score (nSPS) is 26.1. The molecule has 0 aliphatic carbocycles. The third-order valence-corrected chi connectivity index (χ3v) is 6.80. The first-order chi connectivity index (χ1) is 10.9. The number of sulfonamides is 1. The lowest BCUT2D eigenvalue weighted by atomic mass is 9.96. The topological polar surface area (TPSA) is 57.6 Å². The van der Waals surface area contributed by atoms with Crippen LogP contribution in [0.1, 0.15) is 45.6 Å². The van der Waals surface area contributed by atoms with Gasteiger partial charge in [-0.1, -0.05) is 18.6 Å².